The first-order chi connectivity index (χ1) is 25.4. The lowest BCUT2D eigenvalue weighted by atomic mass is 9.84. The van der Waals surface area contributed by atoms with E-state index in [0.717, 1.165) is 6.92 Å². The topological polar surface area (TPSA) is 374 Å². The Bertz CT molecular complexity index is 1230. The number of aliphatic hydroxyl groups excluding tert-OH is 12. The molecule has 21 atom stereocenters. The maximum atomic E-state index is 13.0. The molecular weight excluding hydrogens is 738 g/mol. The minimum absolute atomic E-state index is 0.757. The van der Waals surface area contributed by atoms with Crippen molar-refractivity contribution in [2.24, 2.45) is 5.92 Å². The fraction of sp³-hybridized carbons (Fsp3) is 0.935. The van der Waals surface area contributed by atoms with E-state index in [2.05, 4.69) is 5.32 Å². The van der Waals surface area contributed by atoms with Gasteiger partial charge < -0.3 is 105 Å². The van der Waals surface area contributed by atoms with E-state index in [9.17, 15) is 76.0 Å². The van der Waals surface area contributed by atoms with E-state index in [1.807, 2.05) is 0 Å². The molecule has 0 aromatic heterocycles. The third-order valence-electron chi connectivity index (χ3n) is 10.2. The summed E-state index contributed by atoms with van der Waals surface area (Å²) in [4.78, 5) is 25.1. The zero-order chi connectivity index (χ0) is 40.4. The first kappa shape index (κ1) is 44.9. The van der Waals surface area contributed by atoms with Crippen molar-refractivity contribution in [3.63, 3.8) is 0 Å². The van der Waals surface area contributed by atoms with E-state index in [0.29, 0.717) is 0 Å². The number of carboxylic acids is 1. The van der Waals surface area contributed by atoms with Crippen molar-refractivity contribution < 1.29 is 109 Å². The molecule has 4 saturated heterocycles. The van der Waals surface area contributed by atoms with Crippen LogP contribution in [0.25, 0.3) is 0 Å². The third-order valence-corrected chi connectivity index (χ3v) is 10.2. The highest BCUT2D eigenvalue weighted by molar-refractivity contribution is 5.76. The maximum Gasteiger partial charge on any atom is 0.364 e. The molecule has 0 bridgehead atoms. The smallest absolute Gasteiger partial charge is 0.364 e. The number of carboxylic acid groups (broad SMARTS) is 1. The summed E-state index contributed by atoms with van der Waals surface area (Å²) < 4.78 is 40.4. The number of carbonyl (C=O) groups is 2. The van der Waals surface area contributed by atoms with E-state index >= 15 is 0 Å². The highest BCUT2D eigenvalue weighted by Gasteiger charge is 2.60. The predicted octanol–water partition coefficient (Wildman–Crippen LogP) is -8.05. The van der Waals surface area contributed by atoms with Crippen LogP contribution in [-0.4, -0.2) is 227 Å². The molecule has 0 saturated carbocycles. The van der Waals surface area contributed by atoms with Crippen molar-refractivity contribution in [1.29, 1.82) is 0 Å². The molecule has 4 heterocycles. The lowest BCUT2D eigenvalue weighted by Crippen LogP contribution is -2.70. The molecule has 0 spiro atoms. The Hall–Kier alpha value is -1.82. The second-order valence-corrected chi connectivity index (χ2v) is 14.0. The SMILES string of the molecule is CC(=O)NC1[C@H](O[C@H]2C(CO)O[C@@H](O[C@@H]3C(CO)OC(C)C(O)[C@H]3O)C(O)[C@H]2O[C@]2(C(=O)O)CC(O)[C@@H](C)[C@H]([C@H](O)[C@H](O)CO)O2)OC(CO)[C@H](O)[C@@H]1O. The van der Waals surface area contributed by atoms with Crippen LogP contribution < -0.4 is 5.32 Å². The molecule has 4 rings (SSSR count). The summed E-state index contributed by atoms with van der Waals surface area (Å²) in [5.41, 5.74) is 0. The number of rotatable bonds is 14. The maximum absolute atomic E-state index is 13.0. The van der Waals surface area contributed by atoms with E-state index < -0.39 is 173 Å². The van der Waals surface area contributed by atoms with Gasteiger partial charge in [0.1, 0.15) is 85.4 Å². The van der Waals surface area contributed by atoms with Gasteiger partial charge in [-0.1, -0.05) is 6.92 Å². The number of ether oxygens (including phenoxy) is 7. The van der Waals surface area contributed by atoms with Crippen LogP contribution in [0.5, 0.6) is 0 Å². The average molecular weight is 792 g/mol. The van der Waals surface area contributed by atoms with Gasteiger partial charge in [0.05, 0.1) is 44.7 Å². The Labute approximate surface area is 308 Å². The quantitative estimate of drug-likeness (QED) is 0.0776. The fourth-order valence-electron chi connectivity index (χ4n) is 7.04. The highest BCUT2D eigenvalue weighted by atomic mass is 16.8. The summed E-state index contributed by atoms with van der Waals surface area (Å²) in [6, 6.07) is -1.61. The summed E-state index contributed by atoms with van der Waals surface area (Å²) in [5.74, 6) is -6.81. The highest BCUT2D eigenvalue weighted by Crippen LogP contribution is 2.41. The number of carbonyl (C=O) groups excluding carboxylic acids is 1. The van der Waals surface area contributed by atoms with Crippen LogP contribution in [0, 0.1) is 5.92 Å². The van der Waals surface area contributed by atoms with Crippen LogP contribution in [0.2, 0.25) is 0 Å². The predicted molar refractivity (Wildman–Crippen MR) is 169 cm³/mol. The van der Waals surface area contributed by atoms with Crippen molar-refractivity contribution in [3.05, 3.63) is 0 Å². The second kappa shape index (κ2) is 18.6. The van der Waals surface area contributed by atoms with Gasteiger partial charge in [-0.25, -0.2) is 4.79 Å². The molecule has 8 unspecified atom stereocenters. The number of hydrogen-bond donors (Lipinski definition) is 14. The Morgan fingerprint density at radius 3 is 1.89 bits per heavy atom. The van der Waals surface area contributed by atoms with Gasteiger partial charge in [0.2, 0.25) is 5.91 Å². The molecule has 0 aromatic carbocycles. The molecule has 23 nitrogen and oxygen atoms in total. The van der Waals surface area contributed by atoms with Crippen molar-refractivity contribution in [2.45, 2.75) is 149 Å². The summed E-state index contributed by atoms with van der Waals surface area (Å²) in [6.45, 7) is 0.109. The average Bonchev–Trinajstić information content (AvgIpc) is 3.13. The molecule has 1 amide bonds. The lowest BCUT2D eigenvalue weighted by Gasteiger charge is -2.52. The Balaban J connectivity index is 1.79. The van der Waals surface area contributed by atoms with Crippen molar-refractivity contribution in [1.82, 2.24) is 5.32 Å². The lowest BCUT2D eigenvalue weighted by molar-refractivity contribution is -0.399. The number of amides is 1. The largest absolute Gasteiger partial charge is 0.477 e. The fourth-order valence-corrected chi connectivity index (χ4v) is 7.04. The van der Waals surface area contributed by atoms with Crippen LogP contribution in [-0.2, 0) is 42.7 Å². The van der Waals surface area contributed by atoms with Crippen LogP contribution in [0.1, 0.15) is 27.2 Å². The van der Waals surface area contributed by atoms with Crippen molar-refractivity contribution in [2.75, 3.05) is 26.4 Å². The second-order valence-electron chi connectivity index (χ2n) is 14.0. The van der Waals surface area contributed by atoms with Gasteiger partial charge in [0, 0.05) is 19.3 Å². The summed E-state index contributed by atoms with van der Waals surface area (Å²) in [7, 11) is 0. The van der Waals surface area contributed by atoms with Crippen LogP contribution >= 0.6 is 0 Å². The first-order valence-electron chi connectivity index (χ1n) is 17.4. The normalized spacial score (nSPS) is 47.1. The van der Waals surface area contributed by atoms with E-state index in [4.69, 9.17) is 33.2 Å². The molecule has 0 radical (unpaired) electrons. The number of nitrogens with one attached hydrogen (secondary N) is 1. The van der Waals surface area contributed by atoms with E-state index in [-0.39, 0.29) is 0 Å². The molecule has 0 aliphatic carbocycles. The Morgan fingerprint density at radius 1 is 0.759 bits per heavy atom. The van der Waals surface area contributed by atoms with Gasteiger partial charge in [0.15, 0.2) is 12.6 Å². The molecule has 4 aliphatic rings. The third kappa shape index (κ3) is 9.15. The molecule has 314 valence electrons. The van der Waals surface area contributed by atoms with Crippen LogP contribution in [0.15, 0.2) is 0 Å². The van der Waals surface area contributed by atoms with Crippen molar-refractivity contribution >= 4 is 11.9 Å². The number of hydrogen-bond acceptors (Lipinski definition) is 21. The van der Waals surface area contributed by atoms with Gasteiger partial charge in [-0.2, -0.15) is 0 Å². The van der Waals surface area contributed by atoms with Gasteiger partial charge in [-0.05, 0) is 6.92 Å². The number of aliphatic carboxylic acids is 1. The molecule has 14 N–H and O–H groups in total. The van der Waals surface area contributed by atoms with Gasteiger partial charge in [-0.3, -0.25) is 4.79 Å². The van der Waals surface area contributed by atoms with E-state index in [1.54, 1.807) is 0 Å². The Morgan fingerprint density at radius 2 is 1.33 bits per heavy atom. The van der Waals surface area contributed by atoms with Gasteiger partial charge in [0.25, 0.3) is 5.79 Å². The summed E-state index contributed by atoms with van der Waals surface area (Å²) >= 11 is 0. The molecule has 23 heteroatoms. The molecule has 0 aromatic rings. The first-order valence-corrected chi connectivity index (χ1v) is 17.4. The van der Waals surface area contributed by atoms with Crippen molar-refractivity contribution in [3.8, 4) is 0 Å². The van der Waals surface area contributed by atoms with Crippen LogP contribution in [0.3, 0.4) is 0 Å². The monoisotopic (exact) mass is 791 g/mol. The molecule has 4 aliphatic heterocycles. The zero-order valence-electron chi connectivity index (χ0n) is 29.6. The zero-order valence-corrected chi connectivity index (χ0v) is 29.6. The van der Waals surface area contributed by atoms with Crippen LogP contribution in [0.4, 0.5) is 0 Å². The number of aliphatic hydroxyl groups is 12. The molecular formula is C31H53NO22. The Kier molecular flexibility index (Phi) is 15.5. The summed E-state index contributed by atoms with van der Waals surface area (Å²) in [5, 5.41) is 139. The van der Waals surface area contributed by atoms with Gasteiger partial charge >= 0.3 is 5.97 Å². The van der Waals surface area contributed by atoms with E-state index in [1.165, 1.54) is 13.8 Å². The minimum Gasteiger partial charge on any atom is -0.477 e. The molecule has 4 fully saturated rings. The standard InChI is InChI=1S/C31H53NO22/c1-9-12(38)4-31(30(46)47,53-24(9)19(41)13(39)5-33)54-27-23(45)29(51-25-15(7-35)48-10(2)18(40)22(25)44)50-16(8-36)26(27)52-28-17(32-11(3)37)21(43)20(42)14(6-34)49-28/h9-10,12-29,33-36,38-45H,4-8H2,1-3H3,(H,32,37)(H,46,47)/t9-,10?,12?,13-,14?,15?,16?,17?,18?,19-,20+,21-,22-,23?,24-,25-,26+,27-,28+,29+,31+/m1/s1. The van der Waals surface area contributed by atoms with Gasteiger partial charge in [-0.15, -0.1) is 0 Å². The summed E-state index contributed by atoms with van der Waals surface area (Å²) in [6.07, 6.45) is -32.6. The minimum atomic E-state index is -3.03. The molecule has 54 heavy (non-hydrogen) atoms.